The Kier molecular flexibility index (Phi) is 4.99. The molecular formula is C17H21NO. The van der Waals surface area contributed by atoms with Gasteiger partial charge < -0.3 is 10.1 Å². The van der Waals surface area contributed by atoms with Crippen LogP contribution in [0.1, 0.15) is 11.1 Å². The minimum absolute atomic E-state index is 0.322. The zero-order chi connectivity index (χ0) is 13.5. The molecule has 19 heavy (non-hydrogen) atoms. The van der Waals surface area contributed by atoms with Crippen molar-refractivity contribution in [1.82, 2.24) is 5.32 Å². The topological polar surface area (TPSA) is 21.3 Å². The fourth-order valence-electron chi connectivity index (χ4n) is 1.97. The Morgan fingerprint density at radius 1 is 1.00 bits per heavy atom. The number of para-hydroxylation sites is 1. The lowest BCUT2D eigenvalue weighted by Gasteiger charge is -2.17. The van der Waals surface area contributed by atoms with E-state index in [9.17, 15) is 0 Å². The molecule has 1 unspecified atom stereocenters. The molecule has 0 saturated heterocycles. The summed E-state index contributed by atoms with van der Waals surface area (Å²) in [6, 6.07) is 18.9. The highest BCUT2D eigenvalue weighted by molar-refractivity contribution is 5.23. The zero-order valence-corrected chi connectivity index (χ0v) is 11.6. The molecule has 0 bridgehead atoms. The quantitative estimate of drug-likeness (QED) is 0.856. The van der Waals surface area contributed by atoms with E-state index >= 15 is 0 Å². The lowest BCUT2D eigenvalue weighted by atomic mass is 10.1. The lowest BCUT2D eigenvalue weighted by Crippen LogP contribution is -2.33. The summed E-state index contributed by atoms with van der Waals surface area (Å²) in [6.07, 6.45) is 0.976. The number of aryl methyl sites for hydroxylation is 1. The fourth-order valence-corrected chi connectivity index (χ4v) is 1.97. The number of rotatable bonds is 6. The van der Waals surface area contributed by atoms with Gasteiger partial charge in [-0.3, -0.25) is 0 Å². The van der Waals surface area contributed by atoms with Crippen LogP contribution in [-0.2, 0) is 6.42 Å². The number of ether oxygens (including phenoxy) is 1. The standard InChI is InChI=1S/C17H21NO/c1-14-8-10-15(11-9-14)12-16(18-2)13-19-17-6-4-3-5-7-17/h3-11,16,18H,12-13H2,1-2H3. The third-order valence-corrected chi connectivity index (χ3v) is 3.21. The summed E-state index contributed by atoms with van der Waals surface area (Å²) in [5.74, 6) is 0.923. The maximum atomic E-state index is 5.79. The molecular weight excluding hydrogens is 234 g/mol. The molecule has 2 rings (SSSR count). The summed E-state index contributed by atoms with van der Waals surface area (Å²) < 4.78 is 5.79. The second-order valence-electron chi connectivity index (χ2n) is 4.80. The highest BCUT2D eigenvalue weighted by Gasteiger charge is 2.08. The predicted octanol–water partition coefficient (Wildman–Crippen LogP) is 3.20. The Morgan fingerprint density at radius 3 is 2.32 bits per heavy atom. The Labute approximate surface area is 115 Å². The van der Waals surface area contributed by atoms with Crippen LogP contribution in [0.5, 0.6) is 5.75 Å². The molecule has 2 aromatic carbocycles. The zero-order valence-electron chi connectivity index (χ0n) is 11.6. The summed E-state index contributed by atoms with van der Waals surface area (Å²) >= 11 is 0. The van der Waals surface area contributed by atoms with Crippen molar-refractivity contribution in [3.05, 3.63) is 65.7 Å². The largest absolute Gasteiger partial charge is 0.492 e. The minimum atomic E-state index is 0.322. The molecule has 2 heteroatoms. The van der Waals surface area contributed by atoms with Gasteiger partial charge in [0.1, 0.15) is 12.4 Å². The Balaban J connectivity index is 1.88. The minimum Gasteiger partial charge on any atom is -0.492 e. The van der Waals surface area contributed by atoms with Crippen LogP contribution in [0.15, 0.2) is 54.6 Å². The monoisotopic (exact) mass is 255 g/mol. The number of nitrogens with one attached hydrogen (secondary N) is 1. The van der Waals surface area contributed by atoms with Gasteiger partial charge in [0.15, 0.2) is 0 Å². The molecule has 100 valence electrons. The van der Waals surface area contributed by atoms with Crippen molar-refractivity contribution < 1.29 is 4.74 Å². The molecule has 2 nitrogen and oxygen atoms in total. The van der Waals surface area contributed by atoms with Crippen LogP contribution in [-0.4, -0.2) is 19.7 Å². The fraction of sp³-hybridized carbons (Fsp3) is 0.294. The highest BCUT2D eigenvalue weighted by Crippen LogP contribution is 2.10. The van der Waals surface area contributed by atoms with Crippen LogP contribution in [0.4, 0.5) is 0 Å². The smallest absolute Gasteiger partial charge is 0.119 e. The van der Waals surface area contributed by atoms with Gasteiger partial charge in [-0.05, 0) is 38.1 Å². The van der Waals surface area contributed by atoms with Gasteiger partial charge in [0, 0.05) is 6.04 Å². The van der Waals surface area contributed by atoms with Gasteiger partial charge in [-0.1, -0.05) is 48.0 Å². The molecule has 1 atom stereocenters. The predicted molar refractivity (Wildman–Crippen MR) is 79.7 cm³/mol. The van der Waals surface area contributed by atoms with E-state index in [1.165, 1.54) is 11.1 Å². The maximum Gasteiger partial charge on any atom is 0.119 e. The van der Waals surface area contributed by atoms with Gasteiger partial charge >= 0.3 is 0 Å². The van der Waals surface area contributed by atoms with Gasteiger partial charge in [-0.15, -0.1) is 0 Å². The van der Waals surface area contributed by atoms with Crippen LogP contribution in [0.2, 0.25) is 0 Å². The summed E-state index contributed by atoms with van der Waals surface area (Å²) in [5.41, 5.74) is 2.63. The average molecular weight is 255 g/mol. The van der Waals surface area contributed by atoms with Gasteiger partial charge in [0.2, 0.25) is 0 Å². The van der Waals surface area contributed by atoms with E-state index in [4.69, 9.17) is 4.74 Å². The van der Waals surface area contributed by atoms with E-state index < -0.39 is 0 Å². The molecule has 0 fully saturated rings. The van der Waals surface area contributed by atoms with E-state index in [0.29, 0.717) is 12.6 Å². The van der Waals surface area contributed by atoms with Crippen LogP contribution < -0.4 is 10.1 Å². The second kappa shape index (κ2) is 6.95. The second-order valence-corrected chi connectivity index (χ2v) is 4.80. The molecule has 1 N–H and O–H groups in total. The normalized spacial score (nSPS) is 12.1. The van der Waals surface area contributed by atoms with Crippen molar-refractivity contribution in [1.29, 1.82) is 0 Å². The van der Waals surface area contributed by atoms with Crippen molar-refractivity contribution in [2.45, 2.75) is 19.4 Å². The van der Waals surface area contributed by atoms with Gasteiger partial charge in [0.25, 0.3) is 0 Å². The first kappa shape index (κ1) is 13.6. The van der Waals surface area contributed by atoms with Crippen LogP contribution in [0.25, 0.3) is 0 Å². The first-order chi connectivity index (χ1) is 9.28. The third-order valence-electron chi connectivity index (χ3n) is 3.21. The average Bonchev–Trinajstić information content (AvgIpc) is 2.46. The van der Waals surface area contributed by atoms with E-state index in [-0.39, 0.29) is 0 Å². The van der Waals surface area contributed by atoms with Gasteiger partial charge in [0.05, 0.1) is 0 Å². The van der Waals surface area contributed by atoms with Crippen molar-refractivity contribution in [2.75, 3.05) is 13.7 Å². The van der Waals surface area contributed by atoms with Crippen LogP contribution in [0.3, 0.4) is 0 Å². The molecule has 2 aromatic rings. The Bertz CT molecular complexity index is 478. The third kappa shape index (κ3) is 4.42. The first-order valence-electron chi connectivity index (χ1n) is 6.68. The Hall–Kier alpha value is -1.80. The van der Waals surface area contributed by atoms with Crippen molar-refractivity contribution in [2.24, 2.45) is 0 Å². The molecule has 0 aromatic heterocycles. The summed E-state index contributed by atoms with van der Waals surface area (Å²) in [6.45, 7) is 2.78. The molecule has 0 aliphatic carbocycles. The summed E-state index contributed by atoms with van der Waals surface area (Å²) in [4.78, 5) is 0. The van der Waals surface area contributed by atoms with Crippen molar-refractivity contribution in [3.63, 3.8) is 0 Å². The number of benzene rings is 2. The Morgan fingerprint density at radius 2 is 1.68 bits per heavy atom. The molecule has 0 aliphatic rings. The van der Waals surface area contributed by atoms with E-state index in [0.717, 1.165) is 12.2 Å². The van der Waals surface area contributed by atoms with E-state index in [1.807, 2.05) is 37.4 Å². The molecule has 0 aliphatic heterocycles. The first-order valence-corrected chi connectivity index (χ1v) is 6.68. The molecule has 0 spiro atoms. The van der Waals surface area contributed by atoms with Crippen LogP contribution >= 0.6 is 0 Å². The molecule has 0 amide bonds. The molecule has 0 radical (unpaired) electrons. The highest BCUT2D eigenvalue weighted by atomic mass is 16.5. The summed E-state index contributed by atoms with van der Waals surface area (Å²) in [7, 11) is 1.98. The number of likely N-dealkylation sites (N-methyl/N-ethyl adjacent to an activating group) is 1. The SMILES string of the molecule is CNC(COc1ccccc1)Cc1ccc(C)cc1. The van der Waals surface area contributed by atoms with Gasteiger partial charge in [-0.25, -0.2) is 0 Å². The number of hydrogen-bond acceptors (Lipinski definition) is 2. The number of hydrogen-bond donors (Lipinski definition) is 1. The summed E-state index contributed by atoms with van der Waals surface area (Å²) in [5, 5.41) is 3.31. The van der Waals surface area contributed by atoms with Crippen LogP contribution in [0, 0.1) is 6.92 Å². The van der Waals surface area contributed by atoms with E-state index in [2.05, 4.69) is 36.5 Å². The van der Waals surface area contributed by atoms with Crippen molar-refractivity contribution in [3.8, 4) is 5.75 Å². The van der Waals surface area contributed by atoms with E-state index in [1.54, 1.807) is 0 Å². The van der Waals surface area contributed by atoms with Gasteiger partial charge in [-0.2, -0.15) is 0 Å². The maximum absolute atomic E-state index is 5.79. The van der Waals surface area contributed by atoms with Crippen molar-refractivity contribution >= 4 is 0 Å². The molecule has 0 saturated carbocycles. The molecule has 0 heterocycles. The lowest BCUT2D eigenvalue weighted by molar-refractivity contribution is 0.270.